The minimum atomic E-state index is -0.440. The van der Waals surface area contributed by atoms with Gasteiger partial charge in [0.1, 0.15) is 5.60 Å². The zero-order chi connectivity index (χ0) is 81.9. The van der Waals surface area contributed by atoms with E-state index in [0.29, 0.717) is 18.6 Å². The number of ether oxygens (including phenoxy) is 2. The van der Waals surface area contributed by atoms with E-state index in [4.69, 9.17) is 9.47 Å². The number of nitrogens with zero attached hydrogens (tertiary/aromatic N) is 3. The van der Waals surface area contributed by atoms with Crippen molar-refractivity contribution in [2.75, 3.05) is 54.9 Å². The van der Waals surface area contributed by atoms with Crippen molar-refractivity contribution in [3.05, 3.63) is 193 Å². The van der Waals surface area contributed by atoms with Gasteiger partial charge in [0.25, 0.3) is 0 Å². The molecular formula is C98H146N6O6. The van der Waals surface area contributed by atoms with Crippen LogP contribution in [0, 0.1) is 0 Å². The second-order valence-electron chi connectivity index (χ2n) is 40.4. The Labute approximate surface area is 667 Å². The van der Waals surface area contributed by atoms with Crippen molar-refractivity contribution in [1.29, 1.82) is 0 Å². The van der Waals surface area contributed by atoms with Crippen molar-refractivity contribution in [2.24, 2.45) is 0 Å². The lowest BCUT2D eigenvalue weighted by Gasteiger charge is -2.32. The highest BCUT2D eigenvalue weighted by Gasteiger charge is 2.34. The number of anilines is 3. The molecule has 1 unspecified atom stereocenters. The Balaban J connectivity index is 0.000000184. The Morgan fingerprint density at radius 1 is 0.436 bits per heavy atom. The van der Waals surface area contributed by atoms with Gasteiger partial charge in [0, 0.05) is 76.7 Å². The molecule has 6 aromatic rings. The molecule has 6 aliphatic rings. The van der Waals surface area contributed by atoms with Crippen molar-refractivity contribution in [3.8, 4) is 0 Å². The average Bonchev–Trinajstić information content (AvgIpc) is 1.50. The average molecular weight is 1500 g/mol. The standard InChI is InChI=1S/C18H27NO2.C18H27NO.C17H25NO2.C16H25N.C15H21NO.C14H21N/c1-17(2,3)15-8-7-13-9-10-19(12-14(13)11-15)16(20)21-18(4,5)6;1-13(20)19-11-7-10-18(5,6)15-9-8-14(12-16(15)19)17(2,3)4;1-5-20-16(19)18-15-8-6-7-12-9-10-13(11-14(12)15)17(2,3)4;1-15(2,3)12-7-8-13-14(11-12)17-10-6-9-16(13,4)5;1-11(17)16-8-7-12-5-6-14(15(2,3)4)9-13(12)10-16;1-14(2,3)12-8-7-11-6-4-5-9-15-13(11)10-12/h7-8,11H,9-10,12H2,1-6H3;8-9,12H,7,10-11H2,1-6H3;9-11,15H,5-8H2,1-4H3,(H,18,19);7-8,11,17H,6,9-10H2,1-5H3;5-6,9H,7-8,10H2,1-4H3;7-8,10,15H,4-6,9H2,1-3H3. The lowest BCUT2D eigenvalue weighted by atomic mass is 9.78. The molecule has 0 saturated heterocycles. The maximum absolute atomic E-state index is 12.2. The van der Waals surface area contributed by atoms with Crippen LogP contribution in [0.4, 0.5) is 26.7 Å². The summed E-state index contributed by atoms with van der Waals surface area (Å²) < 4.78 is 10.5. The summed E-state index contributed by atoms with van der Waals surface area (Å²) in [5.41, 5.74) is 25.1. The fourth-order valence-corrected chi connectivity index (χ4v) is 15.3. The first-order valence-corrected chi connectivity index (χ1v) is 41.6. The topological polar surface area (TPSA) is 133 Å². The molecule has 5 heterocycles. The monoisotopic (exact) mass is 1500 g/mol. The van der Waals surface area contributed by atoms with Gasteiger partial charge in [0.15, 0.2) is 0 Å². The number of hydrogen-bond donors (Lipinski definition) is 3. The van der Waals surface area contributed by atoms with E-state index in [1.165, 1.54) is 127 Å². The predicted octanol–water partition coefficient (Wildman–Crippen LogP) is 23.9. The van der Waals surface area contributed by atoms with E-state index in [-0.39, 0.29) is 67.9 Å². The van der Waals surface area contributed by atoms with Crippen LogP contribution in [0.3, 0.4) is 0 Å². The minimum absolute atomic E-state index is 0.0834. The Kier molecular flexibility index (Phi) is 29.7. The van der Waals surface area contributed by atoms with Crippen LogP contribution in [-0.2, 0) is 101 Å². The molecule has 0 aromatic heterocycles. The van der Waals surface area contributed by atoms with Gasteiger partial charge in [-0.15, -0.1) is 0 Å². The molecule has 110 heavy (non-hydrogen) atoms. The van der Waals surface area contributed by atoms with Crippen molar-refractivity contribution in [1.82, 2.24) is 15.1 Å². The third-order valence-corrected chi connectivity index (χ3v) is 22.7. The molecule has 0 spiro atoms. The van der Waals surface area contributed by atoms with Gasteiger partial charge in [0.05, 0.1) is 12.6 Å². The zero-order valence-corrected chi connectivity index (χ0v) is 73.9. The van der Waals surface area contributed by atoms with Crippen molar-refractivity contribution in [2.45, 2.75) is 339 Å². The van der Waals surface area contributed by atoms with E-state index in [9.17, 15) is 19.2 Å². The maximum Gasteiger partial charge on any atom is 0.410 e. The molecule has 1 atom stereocenters. The summed E-state index contributed by atoms with van der Waals surface area (Å²) in [6, 6.07) is 40.7. The second kappa shape index (κ2) is 36.5. The predicted molar refractivity (Wildman–Crippen MR) is 464 cm³/mol. The van der Waals surface area contributed by atoms with Crippen LogP contribution in [0.25, 0.3) is 0 Å². The summed E-state index contributed by atoms with van der Waals surface area (Å²) in [6.45, 7) is 66.8. The highest BCUT2D eigenvalue weighted by molar-refractivity contribution is 5.93. The number of rotatable bonds is 2. The number of benzene rings is 6. The summed E-state index contributed by atoms with van der Waals surface area (Å²) in [5.74, 6) is 0.326. The number of fused-ring (bicyclic) bond motifs is 6. The van der Waals surface area contributed by atoms with Gasteiger partial charge in [-0.05, 0) is 250 Å². The first-order chi connectivity index (χ1) is 50.9. The van der Waals surface area contributed by atoms with Crippen LogP contribution in [0.15, 0.2) is 109 Å². The van der Waals surface area contributed by atoms with Crippen molar-refractivity contribution >= 4 is 41.1 Å². The fourth-order valence-electron chi connectivity index (χ4n) is 15.3. The Bertz CT molecular complexity index is 4110. The second-order valence-corrected chi connectivity index (χ2v) is 40.4. The number of hydrogen-bond acceptors (Lipinski definition) is 8. The number of aryl methyl sites for hydroxylation is 2. The first kappa shape index (κ1) is 89.6. The van der Waals surface area contributed by atoms with Crippen LogP contribution in [0.5, 0.6) is 0 Å². The quantitative estimate of drug-likeness (QED) is 0.156. The van der Waals surface area contributed by atoms with Gasteiger partial charge in [0.2, 0.25) is 11.8 Å². The fraction of sp³-hybridized carbons (Fsp3) is 0.592. The molecule has 0 radical (unpaired) electrons. The van der Waals surface area contributed by atoms with E-state index >= 15 is 0 Å². The molecule has 5 aliphatic heterocycles. The lowest BCUT2D eigenvalue weighted by molar-refractivity contribution is -0.129. The van der Waals surface area contributed by atoms with Gasteiger partial charge < -0.3 is 40.1 Å². The highest BCUT2D eigenvalue weighted by atomic mass is 16.6. The van der Waals surface area contributed by atoms with Gasteiger partial charge in [-0.25, -0.2) is 9.59 Å². The van der Waals surface area contributed by atoms with Gasteiger partial charge in [-0.2, -0.15) is 0 Å². The lowest BCUT2D eigenvalue weighted by Crippen LogP contribution is -2.40. The summed E-state index contributed by atoms with van der Waals surface area (Å²) in [5, 5.41) is 10.1. The molecule has 604 valence electrons. The van der Waals surface area contributed by atoms with Crippen LogP contribution in [0.2, 0.25) is 0 Å². The number of amides is 4. The number of alkyl carbamates (subject to hydrolysis) is 1. The van der Waals surface area contributed by atoms with E-state index in [0.717, 1.165) is 89.9 Å². The normalized spacial score (nSPS) is 17.3. The molecule has 12 rings (SSSR count). The first-order valence-electron chi connectivity index (χ1n) is 41.6. The smallest absolute Gasteiger partial charge is 0.410 e. The van der Waals surface area contributed by atoms with E-state index in [1.54, 1.807) is 18.7 Å². The highest BCUT2D eigenvalue weighted by Crippen LogP contribution is 2.43. The van der Waals surface area contributed by atoms with Crippen LogP contribution in [0.1, 0.15) is 335 Å². The summed E-state index contributed by atoms with van der Waals surface area (Å²) in [4.78, 5) is 53.0. The van der Waals surface area contributed by atoms with E-state index in [1.807, 2.05) is 37.5 Å². The molecule has 12 heteroatoms. The molecule has 0 bridgehead atoms. The molecule has 0 fully saturated rings. The summed E-state index contributed by atoms with van der Waals surface area (Å²) >= 11 is 0. The van der Waals surface area contributed by atoms with Crippen molar-refractivity contribution < 1.29 is 28.7 Å². The van der Waals surface area contributed by atoms with Gasteiger partial charge in [-0.3, -0.25) is 9.59 Å². The molecule has 12 nitrogen and oxygen atoms in total. The molecule has 3 N–H and O–H groups in total. The molecule has 6 aromatic carbocycles. The maximum atomic E-state index is 12.2. The Morgan fingerprint density at radius 3 is 1.38 bits per heavy atom. The number of carbonyl (C=O) groups is 4. The number of carbonyl (C=O) groups excluding carboxylic acids is 4. The minimum Gasteiger partial charge on any atom is -0.450 e. The molecular weight excluding hydrogens is 1360 g/mol. The van der Waals surface area contributed by atoms with Crippen molar-refractivity contribution in [3.63, 3.8) is 0 Å². The Hall–Kier alpha value is -7.60. The van der Waals surface area contributed by atoms with Crippen LogP contribution >= 0.6 is 0 Å². The molecule has 1 aliphatic carbocycles. The summed E-state index contributed by atoms with van der Waals surface area (Å²) in [7, 11) is 0. The summed E-state index contributed by atoms with van der Waals surface area (Å²) in [6.07, 6.45) is 13.1. The van der Waals surface area contributed by atoms with Crippen LogP contribution in [-0.4, -0.2) is 78.7 Å². The van der Waals surface area contributed by atoms with Gasteiger partial charge >= 0.3 is 12.2 Å². The largest absolute Gasteiger partial charge is 0.450 e. The third-order valence-electron chi connectivity index (χ3n) is 22.7. The molecule has 0 saturated carbocycles. The number of nitrogens with one attached hydrogen (secondary N) is 3. The zero-order valence-electron chi connectivity index (χ0n) is 73.9. The third kappa shape index (κ3) is 25.5. The SMILES string of the molecule is CC(=O)N1CCCC(C)(C)c2ccc(C(C)(C)C)cc21.CC(=O)N1CCc2ccc(C(C)(C)C)cc2C1.CC(C)(C)OC(=O)N1CCc2ccc(C(C)(C)C)cc2C1.CC(C)(C)c1ccc2c(c1)NCCCC2.CC(C)(C)c1ccc2c(c1)NCCCC2(C)C.CCOC(=O)NC1CCCc2ccc(C(C)(C)C)cc21. The van der Waals surface area contributed by atoms with Gasteiger partial charge in [-0.1, -0.05) is 243 Å². The van der Waals surface area contributed by atoms with Crippen LogP contribution < -0.4 is 20.9 Å². The molecule has 4 amide bonds. The van der Waals surface area contributed by atoms with E-state index < -0.39 is 5.60 Å². The van der Waals surface area contributed by atoms with E-state index in [2.05, 4.69) is 277 Å². The Morgan fingerprint density at radius 2 is 0.864 bits per heavy atom.